The first-order chi connectivity index (χ1) is 8.51. The highest BCUT2D eigenvalue weighted by atomic mass is 32.1. The van der Waals surface area contributed by atoms with Crippen molar-refractivity contribution in [2.75, 3.05) is 32.3 Å². The molecule has 0 aromatic carbocycles. The zero-order chi connectivity index (χ0) is 13.7. The number of carbonyl (C=O) groups excluding carboxylic acids is 1. The fourth-order valence-electron chi connectivity index (χ4n) is 1.55. The number of carbonyl (C=O) groups is 1. The fraction of sp³-hybridized carbons (Fsp3) is 0.667. The van der Waals surface area contributed by atoms with Gasteiger partial charge in [-0.15, -0.1) is 0 Å². The molecule has 0 aliphatic rings. The number of aryl methyl sites for hydroxylation is 1. The molecule has 0 bridgehead atoms. The third-order valence-corrected chi connectivity index (χ3v) is 3.74. The molecular formula is C12H20N2O3S. The Hall–Kier alpha value is -1.14. The van der Waals surface area contributed by atoms with Crippen LogP contribution >= 0.6 is 11.3 Å². The molecule has 5 nitrogen and oxygen atoms in total. The van der Waals surface area contributed by atoms with Gasteiger partial charge in [-0.2, -0.15) is 0 Å². The Morgan fingerprint density at radius 2 is 2.11 bits per heavy atom. The molecule has 0 saturated carbocycles. The second kappa shape index (κ2) is 6.70. The van der Waals surface area contributed by atoms with E-state index in [-0.39, 0.29) is 5.97 Å². The quantitative estimate of drug-likeness (QED) is 0.742. The maximum Gasteiger partial charge on any atom is 0.350 e. The minimum Gasteiger partial charge on any atom is -0.465 e. The summed E-state index contributed by atoms with van der Waals surface area (Å²) >= 11 is 1.36. The molecule has 1 rings (SSSR count). The maximum absolute atomic E-state index is 11.6. The SMILES string of the molecule is COCCN(c1nc(C)c(C(=O)OC)s1)C(C)C. The van der Waals surface area contributed by atoms with Crippen LogP contribution in [0.3, 0.4) is 0 Å². The molecule has 0 aliphatic heterocycles. The zero-order valence-electron chi connectivity index (χ0n) is 11.5. The van der Waals surface area contributed by atoms with E-state index < -0.39 is 0 Å². The van der Waals surface area contributed by atoms with Crippen molar-refractivity contribution in [2.45, 2.75) is 26.8 Å². The molecule has 6 heteroatoms. The molecule has 0 saturated heterocycles. The minimum absolute atomic E-state index is 0.302. The van der Waals surface area contributed by atoms with Crippen molar-refractivity contribution in [3.8, 4) is 0 Å². The predicted molar refractivity (Wildman–Crippen MR) is 72.5 cm³/mol. The van der Waals surface area contributed by atoms with Gasteiger partial charge in [0.15, 0.2) is 5.13 Å². The fourth-order valence-corrected chi connectivity index (χ4v) is 2.70. The smallest absolute Gasteiger partial charge is 0.350 e. The van der Waals surface area contributed by atoms with E-state index >= 15 is 0 Å². The summed E-state index contributed by atoms with van der Waals surface area (Å²) in [5, 5.41) is 0.833. The number of hydrogen-bond donors (Lipinski definition) is 0. The number of thiazole rings is 1. The van der Waals surface area contributed by atoms with Crippen molar-refractivity contribution in [3.63, 3.8) is 0 Å². The zero-order valence-corrected chi connectivity index (χ0v) is 12.3. The standard InChI is InChI=1S/C12H20N2O3S/c1-8(2)14(6-7-16-4)12-13-9(3)10(18-12)11(15)17-5/h8H,6-7H2,1-5H3. The summed E-state index contributed by atoms with van der Waals surface area (Å²) in [6, 6.07) is 0.302. The number of anilines is 1. The van der Waals surface area contributed by atoms with E-state index in [1.54, 1.807) is 7.11 Å². The summed E-state index contributed by atoms with van der Waals surface area (Å²) in [6.07, 6.45) is 0. The van der Waals surface area contributed by atoms with Crippen LogP contribution in [0.2, 0.25) is 0 Å². The van der Waals surface area contributed by atoms with Gasteiger partial charge in [0.2, 0.25) is 0 Å². The number of hydrogen-bond acceptors (Lipinski definition) is 6. The lowest BCUT2D eigenvalue weighted by molar-refractivity contribution is 0.0605. The molecule has 1 aromatic heterocycles. The normalized spacial score (nSPS) is 10.8. The minimum atomic E-state index is -0.327. The Bertz CT molecular complexity index is 404. The van der Waals surface area contributed by atoms with Crippen molar-refractivity contribution in [2.24, 2.45) is 0 Å². The van der Waals surface area contributed by atoms with Crippen LogP contribution in [0.1, 0.15) is 29.2 Å². The molecule has 102 valence electrons. The van der Waals surface area contributed by atoms with Crippen LogP contribution in [0.5, 0.6) is 0 Å². The molecular weight excluding hydrogens is 252 g/mol. The molecule has 18 heavy (non-hydrogen) atoms. The molecule has 0 fully saturated rings. The number of rotatable bonds is 6. The topological polar surface area (TPSA) is 51.7 Å². The number of esters is 1. The van der Waals surface area contributed by atoms with E-state index in [0.717, 1.165) is 11.7 Å². The van der Waals surface area contributed by atoms with Crippen LogP contribution in [-0.4, -0.2) is 44.4 Å². The third kappa shape index (κ3) is 3.43. The van der Waals surface area contributed by atoms with Gasteiger partial charge in [0.25, 0.3) is 0 Å². The van der Waals surface area contributed by atoms with Crippen LogP contribution in [0.4, 0.5) is 5.13 Å². The van der Waals surface area contributed by atoms with Gasteiger partial charge in [0, 0.05) is 19.7 Å². The second-order valence-electron chi connectivity index (χ2n) is 4.18. The third-order valence-electron chi connectivity index (χ3n) is 2.56. The van der Waals surface area contributed by atoms with Gasteiger partial charge in [0.05, 0.1) is 19.4 Å². The van der Waals surface area contributed by atoms with Crippen LogP contribution in [0, 0.1) is 6.92 Å². The molecule has 0 radical (unpaired) electrons. The van der Waals surface area contributed by atoms with E-state index in [0.29, 0.717) is 23.2 Å². The van der Waals surface area contributed by atoms with E-state index in [2.05, 4.69) is 23.7 Å². The first-order valence-electron chi connectivity index (χ1n) is 5.82. The van der Waals surface area contributed by atoms with Gasteiger partial charge < -0.3 is 14.4 Å². The summed E-state index contributed by atoms with van der Waals surface area (Å²) in [5.41, 5.74) is 0.713. The highest BCUT2D eigenvalue weighted by Crippen LogP contribution is 2.27. The van der Waals surface area contributed by atoms with Gasteiger partial charge in [-0.25, -0.2) is 9.78 Å². The summed E-state index contributed by atoms with van der Waals surface area (Å²) < 4.78 is 9.83. The molecule has 0 unspecified atom stereocenters. The van der Waals surface area contributed by atoms with Gasteiger partial charge in [-0.3, -0.25) is 0 Å². The second-order valence-corrected chi connectivity index (χ2v) is 5.16. The lowest BCUT2D eigenvalue weighted by atomic mass is 10.3. The highest BCUT2D eigenvalue weighted by molar-refractivity contribution is 7.17. The number of ether oxygens (including phenoxy) is 2. The molecule has 1 aromatic rings. The Morgan fingerprint density at radius 1 is 1.44 bits per heavy atom. The molecule has 1 heterocycles. The molecule has 0 amide bonds. The predicted octanol–water partition coefficient (Wildman–Crippen LogP) is 2.10. The maximum atomic E-state index is 11.6. The van der Waals surface area contributed by atoms with Gasteiger partial charge >= 0.3 is 5.97 Å². The van der Waals surface area contributed by atoms with E-state index in [4.69, 9.17) is 9.47 Å². The molecule has 0 N–H and O–H groups in total. The van der Waals surface area contributed by atoms with Crippen molar-refractivity contribution < 1.29 is 14.3 Å². The largest absolute Gasteiger partial charge is 0.465 e. The van der Waals surface area contributed by atoms with Crippen LogP contribution < -0.4 is 4.90 Å². The van der Waals surface area contributed by atoms with Gasteiger partial charge in [0.1, 0.15) is 4.88 Å². The summed E-state index contributed by atoms with van der Waals surface area (Å²) in [4.78, 5) is 18.7. The van der Waals surface area contributed by atoms with Crippen LogP contribution in [-0.2, 0) is 9.47 Å². The summed E-state index contributed by atoms with van der Waals surface area (Å²) in [6.45, 7) is 7.38. The van der Waals surface area contributed by atoms with Gasteiger partial charge in [-0.05, 0) is 20.8 Å². The monoisotopic (exact) mass is 272 g/mol. The Kier molecular flexibility index (Phi) is 5.55. The van der Waals surface area contributed by atoms with Crippen LogP contribution in [0.25, 0.3) is 0 Å². The summed E-state index contributed by atoms with van der Waals surface area (Å²) in [5.74, 6) is -0.327. The molecule has 0 atom stereocenters. The number of nitrogens with zero attached hydrogens (tertiary/aromatic N) is 2. The average Bonchev–Trinajstić information content (AvgIpc) is 2.70. The van der Waals surface area contributed by atoms with Crippen molar-refractivity contribution in [1.29, 1.82) is 0 Å². The summed E-state index contributed by atoms with van der Waals surface area (Å²) in [7, 11) is 3.05. The van der Waals surface area contributed by atoms with Crippen molar-refractivity contribution in [3.05, 3.63) is 10.6 Å². The Labute approximate surface area is 112 Å². The van der Waals surface area contributed by atoms with Crippen molar-refractivity contribution >= 4 is 22.4 Å². The van der Waals surface area contributed by atoms with Crippen molar-refractivity contribution in [1.82, 2.24) is 4.98 Å². The van der Waals surface area contributed by atoms with Crippen LogP contribution in [0.15, 0.2) is 0 Å². The van der Waals surface area contributed by atoms with E-state index in [1.165, 1.54) is 18.4 Å². The highest BCUT2D eigenvalue weighted by Gasteiger charge is 2.20. The molecule has 0 aliphatic carbocycles. The Balaban J connectivity index is 2.95. The average molecular weight is 272 g/mol. The number of methoxy groups -OCH3 is 2. The van der Waals surface area contributed by atoms with E-state index in [1.807, 2.05) is 6.92 Å². The lowest BCUT2D eigenvalue weighted by Gasteiger charge is -2.25. The number of aromatic nitrogens is 1. The first kappa shape index (κ1) is 14.9. The first-order valence-corrected chi connectivity index (χ1v) is 6.64. The Morgan fingerprint density at radius 3 is 2.61 bits per heavy atom. The molecule has 0 spiro atoms. The van der Waals surface area contributed by atoms with Gasteiger partial charge in [-0.1, -0.05) is 11.3 Å². The van der Waals surface area contributed by atoms with E-state index in [9.17, 15) is 4.79 Å². The lowest BCUT2D eigenvalue weighted by Crippen LogP contribution is -2.33.